The monoisotopic (exact) mass is 438 g/mol. The molecule has 0 radical (unpaired) electrons. The first-order valence-corrected chi connectivity index (χ1v) is 10.9. The number of anilines is 2. The highest BCUT2D eigenvalue weighted by Gasteiger charge is 2.41. The second-order valence-electron chi connectivity index (χ2n) is 8.56. The average molecular weight is 438 g/mol. The number of aromatic nitrogens is 5. The van der Waals surface area contributed by atoms with Gasteiger partial charge in [-0.25, -0.2) is 9.37 Å². The van der Waals surface area contributed by atoms with E-state index in [1.165, 1.54) is 0 Å². The van der Waals surface area contributed by atoms with Crippen LogP contribution in [0.4, 0.5) is 15.9 Å². The van der Waals surface area contributed by atoms with Crippen LogP contribution in [0.15, 0.2) is 12.3 Å². The summed E-state index contributed by atoms with van der Waals surface area (Å²) >= 11 is 0. The number of morpholine rings is 2. The van der Waals surface area contributed by atoms with Gasteiger partial charge in [-0.3, -0.25) is 5.10 Å². The van der Waals surface area contributed by atoms with E-state index in [2.05, 4.69) is 26.3 Å². The van der Waals surface area contributed by atoms with Crippen LogP contribution in [0, 0.1) is 17.1 Å². The highest BCUT2D eigenvalue weighted by molar-refractivity contribution is 5.97. The summed E-state index contributed by atoms with van der Waals surface area (Å²) in [6, 6.07) is 4.00. The van der Waals surface area contributed by atoms with E-state index in [1.807, 2.05) is 11.8 Å². The molecule has 6 rings (SSSR count). The minimum atomic E-state index is -0.411. The molecular weight excluding hydrogens is 415 g/mol. The number of halogens is 1. The quantitative estimate of drug-likeness (QED) is 0.659. The number of nitrogens with zero attached hydrogens (tertiary/aromatic N) is 7. The van der Waals surface area contributed by atoms with Gasteiger partial charge in [-0.2, -0.15) is 20.1 Å². The highest BCUT2D eigenvalue weighted by atomic mass is 19.1. The van der Waals surface area contributed by atoms with Crippen LogP contribution in [-0.4, -0.2) is 76.1 Å². The van der Waals surface area contributed by atoms with Gasteiger partial charge in [-0.1, -0.05) is 0 Å². The van der Waals surface area contributed by atoms with E-state index in [0.29, 0.717) is 61.3 Å². The van der Waals surface area contributed by atoms with Crippen molar-refractivity contribution in [3.05, 3.63) is 23.8 Å². The second kappa shape index (κ2) is 7.43. The second-order valence-corrected chi connectivity index (χ2v) is 8.56. The van der Waals surface area contributed by atoms with Gasteiger partial charge in [0.25, 0.3) is 0 Å². The van der Waals surface area contributed by atoms with E-state index in [9.17, 15) is 5.26 Å². The van der Waals surface area contributed by atoms with Gasteiger partial charge in [0.2, 0.25) is 0 Å². The lowest BCUT2D eigenvalue weighted by atomic mass is 10.1. The first kappa shape index (κ1) is 19.5. The lowest BCUT2D eigenvalue weighted by Gasteiger charge is -2.39. The van der Waals surface area contributed by atoms with E-state index in [0.717, 1.165) is 12.8 Å². The van der Waals surface area contributed by atoms with Crippen molar-refractivity contribution in [3.8, 4) is 11.9 Å². The molecule has 3 saturated heterocycles. The van der Waals surface area contributed by atoms with E-state index < -0.39 is 5.82 Å². The van der Waals surface area contributed by atoms with E-state index >= 15 is 4.39 Å². The fourth-order valence-corrected chi connectivity index (χ4v) is 5.18. The Labute approximate surface area is 183 Å². The van der Waals surface area contributed by atoms with Crippen molar-refractivity contribution in [2.45, 2.75) is 37.9 Å². The molecule has 3 fully saturated rings. The van der Waals surface area contributed by atoms with Crippen molar-refractivity contribution in [3.63, 3.8) is 0 Å². The molecule has 3 aromatic rings. The Morgan fingerprint density at radius 3 is 2.72 bits per heavy atom. The summed E-state index contributed by atoms with van der Waals surface area (Å²) in [4.78, 5) is 8.84. The van der Waals surface area contributed by atoms with Crippen LogP contribution >= 0.6 is 0 Å². The Balaban J connectivity index is 1.65. The number of hydrogen-bond donors (Lipinski definition) is 1. The van der Waals surface area contributed by atoms with E-state index in [1.54, 1.807) is 16.9 Å². The Morgan fingerprint density at radius 1 is 1.22 bits per heavy atom. The van der Waals surface area contributed by atoms with Gasteiger partial charge in [0.05, 0.1) is 55.8 Å². The third-order valence-electron chi connectivity index (χ3n) is 6.67. The molecule has 1 N–H and O–H groups in total. The number of pyridine rings is 1. The normalized spacial score (nSPS) is 25.5. The molecule has 2 bridgehead atoms. The van der Waals surface area contributed by atoms with Gasteiger partial charge in [-0.05, 0) is 19.8 Å². The van der Waals surface area contributed by atoms with Gasteiger partial charge in [0.15, 0.2) is 28.8 Å². The van der Waals surface area contributed by atoms with Gasteiger partial charge in [0, 0.05) is 18.7 Å². The van der Waals surface area contributed by atoms with Crippen molar-refractivity contribution < 1.29 is 13.9 Å². The highest BCUT2D eigenvalue weighted by Crippen LogP contribution is 2.42. The van der Waals surface area contributed by atoms with E-state index in [-0.39, 0.29) is 23.8 Å². The maximum atomic E-state index is 16.4. The Morgan fingerprint density at radius 2 is 2.03 bits per heavy atom. The smallest absolute Gasteiger partial charge is 0.189 e. The summed E-state index contributed by atoms with van der Waals surface area (Å²) < 4.78 is 29.2. The number of aromatic amines is 1. The summed E-state index contributed by atoms with van der Waals surface area (Å²) in [6.45, 7) is 4.60. The summed E-state index contributed by atoms with van der Waals surface area (Å²) in [5.74, 6) is 0.449. The van der Waals surface area contributed by atoms with Crippen molar-refractivity contribution in [1.82, 2.24) is 25.0 Å². The van der Waals surface area contributed by atoms with Gasteiger partial charge >= 0.3 is 0 Å². The molecule has 11 heteroatoms. The molecular formula is C21H23FN8O2. The summed E-state index contributed by atoms with van der Waals surface area (Å²) in [6.07, 6.45) is 3.49. The number of hydrogen-bond acceptors (Lipinski definition) is 8. The van der Waals surface area contributed by atoms with Crippen LogP contribution in [-0.2, 0) is 9.47 Å². The largest absolute Gasteiger partial charge is 0.377 e. The summed E-state index contributed by atoms with van der Waals surface area (Å²) in [5, 5.41) is 21.6. The minimum absolute atomic E-state index is 0.0554. The van der Waals surface area contributed by atoms with Crippen molar-refractivity contribution in [2.24, 2.45) is 0 Å². The zero-order chi connectivity index (χ0) is 21.8. The van der Waals surface area contributed by atoms with Crippen molar-refractivity contribution in [2.75, 3.05) is 42.8 Å². The fraction of sp³-hybridized carbons (Fsp3) is 0.524. The Bertz CT molecular complexity index is 1190. The van der Waals surface area contributed by atoms with Crippen LogP contribution in [0.3, 0.4) is 0 Å². The topological polar surface area (TPSA) is 108 Å². The molecule has 3 aliphatic heterocycles. The minimum Gasteiger partial charge on any atom is -0.377 e. The molecule has 3 atom stereocenters. The van der Waals surface area contributed by atoms with Gasteiger partial charge < -0.3 is 19.3 Å². The van der Waals surface area contributed by atoms with Crippen LogP contribution in [0.1, 0.15) is 25.5 Å². The van der Waals surface area contributed by atoms with Crippen LogP contribution in [0.2, 0.25) is 0 Å². The number of nitrogens with one attached hydrogen (secondary N) is 1. The molecule has 2 unspecified atom stereocenters. The first-order chi connectivity index (χ1) is 15.7. The molecule has 3 aromatic heterocycles. The maximum Gasteiger partial charge on any atom is 0.189 e. The maximum absolute atomic E-state index is 16.4. The lowest BCUT2D eigenvalue weighted by molar-refractivity contribution is 0.0897. The van der Waals surface area contributed by atoms with Crippen LogP contribution < -0.4 is 9.80 Å². The Kier molecular flexibility index (Phi) is 4.51. The molecule has 10 nitrogen and oxygen atoms in total. The predicted molar refractivity (Wildman–Crippen MR) is 113 cm³/mol. The van der Waals surface area contributed by atoms with Gasteiger partial charge in [-0.15, -0.1) is 0 Å². The summed E-state index contributed by atoms with van der Waals surface area (Å²) in [7, 11) is 0. The molecule has 3 aliphatic rings. The lowest BCUT2D eigenvalue weighted by Crippen LogP contribution is -2.47. The fourth-order valence-electron chi connectivity index (χ4n) is 5.18. The standard InChI is InChI=1S/C21H23FN8O2/c1-12-9-31-7-6-28(12)19-17-15(8-23)27-30(16-4-5-24-26-16)20(17)25-21(18(19)22)29-13-2-3-14(29)11-32-10-13/h4-5,12-14H,2-3,6-7,9-11H2,1H3,(H,24,26)/t12-,13?,14?/m1/s1. The van der Waals surface area contributed by atoms with Crippen LogP contribution in [0.25, 0.3) is 16.9 Å². The van der Waals surface area contributed by atoms with E-state index in [4.69, 9.17) is 14.5 Å². The first-order valence-electron chi connectivity index (χ1n) is 10.9. The SMILES string of the molecule is C[C@@H]1COCCN1c1c(F)c(N2C3CCC2COC3)nc2c1c(C#N)nn2-c1ccn[nH]1. The van der Waals surface area contributed by atoms with Crippen molar-refractivity contribution in [1.29, 1.82) is 5.26 Å². The number of fused-ring (bicyclic) bond motifs is 3. The summed E-state index contributed by atoms with van der Waals surface area (Å²) in [5.41, 5.74) is 0.932. The molecule has 6 heterocycles. The molecule has 0 aromatic carbocycles. The van der Waals surface area contributed by atoms with Crippen molar-refractivity contribution >= 4 is 22.5 Å². The zero-order valence-electron chi connectivity index (χ0n) is 17.7. The molecule has 0 aliphatic carbocycles. The molecule has 32 heavy (non-hydrogen) atoms. The molecule has 0 amide bonds. The average Bonchev–Trinajstić information content (AvgIpc) is 3.50. The Hall–Kier alpha value is -3.23. The molecule has 166 valence electrons. The predicted octanol–water partition coefficient (Wildman–Crippen LogP) is 1.75. The number of rotatable bonds is 3. The number of H-pyrrole nitrogens is 1. The molecule has 0 spiro atoms. The molecule has 0 saturated carbocycles. The number of nitriles is 1. The van der Waals surface area contributed by atoms with Crippen LogP contribution in [0.5, 0.6) is 0 Å². The third-order valence-corrected chi connectivity index (χ3v) is 6.67. The zero-order valence-corrected chi connectivity index (χ0v) is 17.7. The van der Waals surface area contributed by atoms with Gasteiger partial charge in [0.1, 0.15) is 6.07 Å². The third kappa shape index (κ3) is 2.79. The number of ether oxygens (including phenoxy) is 2.